The van der Waals surface area contributed by atoms with Crippen molar-refractivity contribution >= 4 is 48.9 Å². The van der Waals surface area contributed by atoms with Crippen LogP contribution in [0.1, 0.15) is 18.9 Å². The number of nitrogens with zero attached hydrogens (tertiary/aromatic N) is 2. The number of ether oxygens (including phenoxy) is 1. The molecule has 1 heterocycles. The summed E-state index contributed by atoms with van der Waals surface area (Å²) in [5.41, 5.74) is 1.82. The van der Waals surface area contributed by atoms with Crippen molar-refractivity contribution in [2.45, 2.75) is 31.7 Å². The van der Waals surface area contributed by atoms with Gasteiger partial charge >= 0.3 is 0 Å². The maximum atomic E-state index is 12.5. The van der Waals surface area contributed by atoms with Crippen LogP contribution in [-0.2, 0) is 25.9 Å². The van der Waals surface area contributed by atoms with Crippen LogP contribution in [0.2, 0.25) is 5.02 Å². The first kappa shape index (κ1) is 22.7. The molecule has 3 aromatic rings. The van der Waals surface area contributed by atoms with Crippen LogP contribution in [0, 0.1) is 6.92 Å². The van der Waals surface area contributed by atoms with E-state index in [0.717, 1.165) is 15.8 Å². The van der Waals surface area contributed by atoms with Crippen molar-refractivity contribution in [2.75, 3.05) is 19.0 Å². The van der Waals surface area contributed by atoms with Gasteiger partial charge in [0.2, 0.25) is 5.91 Å². The van der Waals surface area contributed by atoms with E-state index >= 15 is 0 Å². The first-order chi connectivity index (χ1) is 14.3. The number of carbonyl (C=O) groups is 1. The number of benzene rings is 2. The van der Waals surface area contributed by atoms with Crippen LogP contribution in [0.5, 0.6) is 0 Å². The van der Waals surface area contributed by atoms with Gasteiger partial charge in [-0.2, -0.15) is 4.99 Å². The second-order valence-electron chi connectivity index (χ2n) is 6.64. The molecule has 0 bridgehead atoms. The minimum atomic E-state index is -3.53. The lowest BCUT2D eigenvalue weighted by Crippen LogP contribution is -2.21. The molecule has 0 aliphatic carbocycles. The second kappa shape index (κ2) is 9.87. The van der Waals surface area contributed by atoms with Crippen molar-refractivity contribution in [3.05, 3.63) is 57.9 Å². The van der Waals surface area contributed by atoms with Gasteiger partial charge in [0.15, 0.2) is 14.6 Å². The van der Waals surface area contributed by atoms with Gasteiger partial charge in [-0.05, 0) is 43.7 Å². The molecule has 160 valence electrons. The Kier molecular flexibility index (Phi) is 7.46. The van der Waals surface area contributed by atoms with E-state index < -0.39 is 15.7 Å². The molecule has 0 aliphatic rings. The molecule has 2 aromatic carbocycles. The van der Waals surface area contributed by atoms with Crippen LogP contribution in [0.15, 0.2) is 52.4 Å². The molecule has 1 amide bonds. The summed E-state index contributed by atoms with van der Waals surface area (Å²) in [6.45, 7) is 5.42. The van der Waals surface area contributed by atoms with Gasteiger partial charge in [-0.3, -0.25) is 4.79 Å². The number of aryl methyl sites for hydroxylation is 1. The number of thiazole rings is 1. The third kappa shape index (κ3) is 5.18. The third-order valence-corrected chi connectivity index (χ3v) is 7.79. The fraction of sp³-hybridized carbons (Fsp3) is 0.333. The van der Waals surface area contributed by atoms with Gasteiger partial charge in [0, 0.05) is 24.6 Å². The molecule has 1 aromatic heterocycles. The summed E-state index contributed by atoms with van der Waals surface area (Å²) >= 11 is 7.66. The molecule has 0 fully saturated rings. The predicted molar refractivity (Wildman–Crippen MR) is 120 cm³/mol. The van der Waals surface area contributed by atoms with E-state index in [4.69, 9.17) is 16.3 Å². The maximum absolute atomic E-state index is 12.5. The Bertz CT molecular complexity index is 1220. The molecule has 0 aliphatic heterocycles. The molecular formula is C21H23ClN2O4S2. The van der Waals surface area contributed by atoms with E-state index in [0.29, 0.717) is 29.6 Å². The number of fused-ring (bicyclic) bond motifs is 1. The minimum Gasteiger partial charge on any atom is -0.380 e. The molecule has 0 spiro atoms. The Morgan fingerprint density at radius 1 is 1.20 bits per heavy atom. The first-order valence-corrected chi connectivity index (χ1v) is 12.4. The number of carbonyl (C=O) groups excluding carboxylic acids is 1. The van der Waals surface area contributed by atoms with E-state index in [1.807, 2.05) is 30.5 Å². The molecule has 6 nitrogen and oxygen atoms in total. The Morgan fingerprint density at radius 2 is 1.93 bits per heavy atom. The Balaban J connectivity index is 1.90. The zero-order valence-electron chi connectivity index (χ0n) is 16.8. The van der Waals surface area contributed by atoms with E-state index in [1.165, 1.54) is 23.5 Å². The zero-order chi connectivity index (χ0) is 21.7. The highest BCUT2D eigenvalue weighted by molar-refractivity contribution is 7.91. The molecule has 0 saturated carbocycles. The van der Waals surface area contributed by atoms with Crippen molar-refractivity contribution < 1.29 is 17.9 Å². The number of aromatic nitrogens is 1. The summed E-state index contributed by atoms with van der Waals surface area (Å²) in [5, 5.41) is 0.636. The normalized spacial score (nSPS) is 12.6. The zero-order valence-corrected chi connectivity index (χ0v) is 19.2. The number of sulfone groups is 1. The smallest absolute Gasteiger partial charge is 0.249 e. The largest absolute Gasteiger partial charge is 0.380 e. The maximum Gasteiger partial charge on any atom is 0.249 e. The van der Waals surface area contributed by atoms with Gasteiger partial charge in [-0.15, -0.1) is 0 Å². The number of amides is 1. The van der Waals surface area contributed by atoms with Gasteiger partial charge in [-0.25, -0.2) is 8.42 Å². The van der Waals surface area contributed by atoms with Crippen molar-refractivity contribution in [3.63, 3.8) is 0 Å². The lowest BCUT2D eigenvalue weighted by Gasteiger charge is -2.08. The van der Waals surface area contributed by atoms with Crippen LogP contribution >= 0.6 is 22.9 Å². The summed E-state index contributed by atoms with van der Waals surface area (Å²) in [7, 11) is -3.53. The summed E-state index contributed by atoms with van der Waals surface area (Å²) in [6, 6.07) is 11.8. The molecule has 0 saturated heterocycles. The minimum absolute atomic E-state index is 0.184. The van der Waals surface area contributed by atoms with Crippen molar-refractivity contribution in [1.29, 1.82) is 0 Å². The molecule has 30 heavy (non-hydrogen) atoms. The highest BCUT2D eigenvalue weighted by Crippen LogP contribution is 2.27. The van der Waals surface area contributed by atoms with E-state index in [-0.39, 0.29) is 17.1 Å². The predicted octanol–water partition coefficient (Wildman–Crippen LogP) is 3.99. The molecule has 9 heteroatoms. The molecule has 0 atom stereocenters. The van der Waals surface area contributed by atoms with Crippen molar-refractivity contribution in [1.82, 2.24) is 4.57 Å². The van der Waals surface area contributed by atoms with Crippen molar-refractivity contribution in [2.24, 2.45) is 4.99 Å². The monoisotopic (exact) mass is 466 g/mol. The summed E-state index contributed by atoms with van der Waals surface area (Å²) in [6.07, 6.45) is -0.184. The summed E-state index contributed by atoms with van der Waals surface area (Å²) in [5.74, 6) is -0.761. The first-order valence-electron chi connectivity index (χ1n) is 9.55. The van der Waals surface area contributed by atoms with Gasteiger partial charge in [-0.1, -0.05) is 41.1 Å². The summed E-state index contributed by atoms with van der Waals surface area (Å²) < 4.78 is 33.2. The van der Waals surface area contributed by atoms with Gasteiger partial charge in [0.05, 0.1) is 27.5 Å². The molecular weight excluding hydrogens is 444 g/mol. The van der Waals surface area contributed by atoms with Crippen LogP contribution in [-0.4, -0.2) is 37.9 Å². The lowest BCUT2D eigenvalue weighted by atomic mass is 10.2. The van der Waals surface area contributed by atoms with Gasteiger partial charge in [0.1, 0.15) is 0 Å². The standard InChI is InChI=1S/C21H23ClN2O4S2/c1-3-28-13-12-24-20-15(2)17(22)9-10-18(20)29-21(24)23-19(25)11-14-30(26,27)16-7-5-4-6-8-16/h4-10H,3,11-14H2,1-2H3. The van der Waals surface area contributed by atoms with E-state index in [9.17, 15) is 13.2 Å². The van der Waals surface area contributed by atoms with E-state index in [1.54, 1.807) is 18.2 Å². The highest BCUT2D eigenvalue weighted by atomic mass is 35.5. The van der Waals surface area contributed by atoms with Crippen LogP contribution in [0.4, 0.5) is 0 Å². The molecule has 0 N–H and O–H groups in total. The van der Waals surface area contributed by atoms with Crippen molar-refractivity contribution in [3.8, 4) is 0 Å². The third-order valence-electron chi connectivity index (χ3n) is 4.60. The number of hydrogen-bond donors (Lipinski definition) is 0. The Morgan fingerprint density at radius 3 is 2.63 bits per heavy atom. The Labute approximate surface area is 184 Å². The number of halogens is 1. The van der Waals surface area contributed by atoms with Gasteiger partial charge < -0.3 is 9.30 Å². The topological polar surface area (TPSA) is 77.7 Å². The van der Waals surface area contributed by atoms with Crippen LogP contribution in [0.3, 0.4) is 0 Å². The SMILES string of the molecule is CCOCCn1c(=NC(=O)CCS(=O)(=O)c2ccccc2)sc2ccc(Cl)c(C)c21. The fourth-order valence-electron chi connectivity index (χ4n) is 3.04. The number of hydrogen-bond acceptors (Lipinski definition) is 5. The quantitative estimate of drug-likeness (QED) is 0.470. The lowest BCUT2D eigenvalue weighted by molar-refractivity contribution is -0.117. The summed E-state index contributed by atoms with van der Waals surface area (Å²) in [4.78, 5) is 17.4. The van der Waals surface area contributed by atoms with Crippen LogP contribution < -0.4 is 4.80 Å². The van der Waals surface area contributed by atoms with Crippen LogP contribution in [0.25, 0.3) is 10.2 Å². The molecule has 0 unspecified atom stereocenters. The fourth-order valence-corrected chi connectivity index (χ4v) is 5.57. The molecule has 0 radical (unpaired) electrons. The van der Waals surface area contributed by atoms with Gasteiger partial charge in [0.25, 0.3) is 0 Å². The highest BCUT2D eigenvalue weighted by Gasteiger charge is 2.17. The number of rotatable bonds is 8. The Hall–Kier alpha value is -2.00. The average molecular weight is 467 g/mol. The molecule has 3 rings (SSSR count). The average Bonchev–Trinajstić information content (AvgIpc) is 3.08. The second-order valence-corrected chi connectivity index (χ2v) is 10.2. The van der Waals surface area contributed by atoms with E-state index in [2.05, 4.69) is 4.99 Å².